The number of benzene rings is 2. The molecule has 0 aliphatic rings. The lowest BCUT2D eigenvalue weighted by molar-refractivity contribution is -0.147. The zero-order valence-corrected chi connectivity index (χ0v) is 15.5. The van der Waals surface area contributed by atoms with Gasteiger partial charge in [0.1, 0.15) is 18.2 Å². The van der Waals surface area contributed by atoms with E-state index < -0.39 is 51.6 Å². The largest absolute Gasteiger partial charge is 0.455 e. The van der Waals surface area contributed by atoms with Gasteiger partial charge >= 0.3 is 5.97 Å². The van der Waals surface area contributed by atoms with Gasteiger partial charge in [-0.25, -0.2) is 17.2 Å². The number of esters is 1. The molecule has 0 aromatic heterocycles. The molecule has 7 nitrogen and oxygen atoms in total. The first-order valence-corrected chi connectivity index (χ1v) is 9.68. The minimum Gasteiger partial charge on any atom is -0.455 e. The van der Waals surface area contributed by atoms with E-state index in [1.54, 1.807) is 4.72 Å². The summed E-state index contributed by atoms with van der Waals surface area (Å²) in [5, 5.41) is 2.55. The first-order valence-electron chi connectivity index (χ1n) is 8.19. The van der Waals surface area contributed by atoms with Crippen molar-refractivity contribution in [2.24, 2.45) is 0 Å². The van der Waals surface area contributed by atoms with Crippen LogP contribution in [-0.4, -0.2) is 40.0 Å². The smallest absolute Gasteiger partial charge is 0.321 e. The summed E-state index contributed by atoms with van der Waals surface area (Å²) in [5.74, 6) is -4.22. The van der Waals surface area contributed by atoms with Crippen LogP contribution in [0.15, 0.2) is 53.4 Å². The zero-order chi connectivity index (χ0) is 20.6. The highest BCUT2D eigenvalue weighted by molar-refractivity contribution is 7.89. The topological polar surface area (TPSA) is 102 Å². The highest BCUT2D eigenvalue weighted by Gasteiger charge is 2.24. The van der Waals surface area contributed by atoms with Gasteiger partial charge in [-0.05, 0) is 24.1 Å². The lowest BCUT2D eigenvalue weighted by Crippen LogP contribution is -2.35. The quantitative estimate of drug-likeness (QED) is 0.602. The van der Waals surface area contributed by atoms with E-state index >= 15 is 0 Å². The van der Waals surface area contributed by atoms with E-state index in [2.05, 4.69) is 10.1 Å². The predicted molar refractivity (Wildman–Crippen MR) is 95.7 cm³/mol. The number of carbonyl (C=O) groups is 2. The highest BCUT2D eigenvalue weighted by atomic mass is 32.2. The van der Waals surface area contributed by atoms with Crippen LogP contribution in [0.3, 0.4) is 0 Å². The van der Waals surface area contributed by atoms with Gasteiger partial charge in [0.05, 0.1) is 0 Å². The molecule has 150 valence electrons. The number of carbonyl (C=O) groups excluding carboxylic acids is 2. The Labute approximate surface area is 160 Å². The Balaban J connectivity index is 1.74. The minimum absolute atomic E-state index is 0.333. The van der Waals surface area contributed by atoms with E-state index in [9.17, 15) is 26.8 Å². The van der Waals surface area contributed by atoms with Crippen LogP contribution >= 0.6 is 0 Å². The molecule has 10 heteroatoms. The molecule has 2 aromatic carbocycles. The fourth-order valence-electron chi connectivity index (χ4n) is 2.20. The molecule has 0 heterocycles. The third-order valence-corrected chi connectivity index (χ3v) is 4.99. The Morgan fingerprint density at radius 2 is 1.61 bits per heavy atom. The second-order valence-corrected chi connectivity index (χ2v) is 7.33. The molecule has 28 heavy (non-hydrogen) atoms. The Bertz CT molecular complexity index is 916. The summed E-state index contributed by atoms with van der Waals surface area (Å²) in [5.41, 5.74) is 1.02. The molecule has 0 atom stereocenters. The summed E-state index contributed by atoms with van der Waals surface area (Å²) in [6.07, 6.45) is 0.592. The van der Waals surface area contributed by atoms with E-state index in [-0.39, 0.29) is 0 Å². The molecule has 0 saturated heterocycles. The second-order valence-electron chi connectivity index (χ2n) is 5.62. The molecule has 2 N–H and O–H groups in total. The maximum atomic E-state index is 13.5. The number of halogens is 2. The Hall–Kier alpha value is -2.85. The standard InChI is InChI=1S/C18H18F2N2O5S/c19-14-7-4-8-15(20)18(14)28(25,26)22-11-17(24)27-12-16(23)21-10-9-13-5-2-1-3-6-13/h1-8,22H,9-12H2,(H,21,23). The average molecular weight is 412 g/mol. The molecule has 1 amide bonds. The first kappa shape index (κ1) is 21.5. The van der Waals surface area contributed by atoms with Crippen molar-refractivity contribution >= 4 is 21.9 Å². The molecule has 0 aliphatic carbocycles. The van der Waals surface area contributed by atoms with Crippen LogP contribution in [0.2, 0.25) is 0 Å². The second kappa shape index (κ2) is 9.90. The predicted octanol–water partition coefficient (Wildman–Crippen LogP) is 1.15. The van der Waals surface area contributed by atoms with Gasteiger partial charge in [-0.2, -0.15) is 4.72 Å². The van der Waals surface area contributed by atoms with Gasteiger partial charge in [-0.15, -0.1) is 0 Å². The fourth-order valence-corrected chi connectivity index (χ4v) is 3.31. The SMILES string of the molecule is O=C(COC(=O)CNS(=O)(=O)c1c(F)cccc1F)NCCc1ccccc1. The molecule has 0 unspecified atom stereocenters. The van der Waals surface area contributed by atoms with Gasteiger partial charge in [0.15, 0.2) is 11.5 Å². The molecule has 2 aromatic rings. The molecule has 0 fully saturated rings. The van der Waals surface area contributed by atoms with Crippen molar-refractivity contribution in [3.63, 3.8) is 0 Å². The summed E-state index contributed by atoms with van der Waals surface area (Å²) in [6, 6.07) is 12.0. The zero-order valence-electron chi connectivity index (χ0n) is 14.7. The van der Waals surface area contributed by atoms with Gasteiger partial charge in [0, 0.05) is 6.54 Å². The molecular weight excluding hydrogens is 394 g/mol. The summed E-state index contributed by atoms with van der Waals surface area (Å²) < 4.78 is 57.3. The number of sulfonamides is 1. The van der Waals surface area contributed by atoms with Crippen molar-refractivity contribution in [3.8, 4) is 0 Å². The average Bonchev–Trinajstić information content (AvgIpc) is 2.65. The van der Waals surface area contributed by atoms with Crippen LogP contribution < -0.4 is 10.0 Å². The van der Waals surface area contributed by atoms with Crippen molar-refractivity contribution < 1.29 is 31.5 Å². The Morgan fingerprint density at radius 3 is 2.25 bits per heavy atom. The van der Waals surface area contributed by atoms with E-state index in [1.165, 1.54) is 0 Å². The lowest BCUT2D eigenvalue weighted by atomic mass is 10.1. The van der Waals surface area contributed by atoms with Crippen LogP contribution in [0.1, 0.15) is 5.56 Å². The van der Waals surface area contributed by atoms with Gasteiger partial charge in [-0.1, -0.05) is 36.4 Å². The van der Waals surface area contributed by atoms with Gasteiger partial charge < -0.3 is 10.1 Å². The van der Waals surface area contributed by atoms with Crippen LogP contribution in [0, 0.1) is 11.6 Å². The molecule has 0 radical (unpaired) electrons. The van der Waals surface area contributed by atoms with Crippen molar-refractivity contribution in [1.29, 1.82) is 0 Å². The van der Waals surface area contributed by atoms with Crippen LogP contribution in [0.25, 0.3) is 0 Å². The molecule has 0 aliphatic heterocycles. The monoisotopic (exact) mass is 412 g/mol. The number of hydrogen-bond donors (Lipinski definition) is 2. The van der Waals surface area contributed by atoms with E-state index in [1.807, 2.05) is 30.3 Å². The molecule has 0 bridgehead atoms. The van der Waals surface area contributed by atoms with Crippen molar-refractivity contribution in [3.05, 3.63) is 65.7 Å². The van der Waals surface area contributed by atoms with Crippen LogP contribution in [-0.2, 0) is 30.8 Å². The number of ether oxygens (including phenoxy) is 1. The number of amides is 1. The van der Waals surface area contributed by atoms with Crippen molar-refractivity contribution in [1.82, 2.24) is 10.0 Å². The van der Waals surface area contributed by atoms with Crippen LogP contribution in [0.4, 0.5) is 8.78 Å². The Kier molecular flexibility index (Phi) is 7.59. The normalized spacial score (nSPS) is 11.1. The molecule has 0 spiro atoms. The van der Waals surface area contributed by atoms with Gasteiger partial charge in [-0.3, -0.25) is 9.59 Å². The van der Waals surface area contributed by atoms with Gasteiger partial charge in [0.25, 0.3) is 5.91 Å². The fraction of sp³-hybridized carbons (Fsp3) is 0.222. The molecular formula is C18H18F2N2O5S. The van der Waals surface area contributed by atoms with E-state index in [4.69, 9.17) is 0 Å². The summed E-state index contributed by atoms with van der Waals surface area (Å²) in [4.78, 5) is 22.0. The Morgan fingerprint density at radius 1 is 0.964 bits per heavy atom. The summed E-state index contributed by atoms with van der Waals surface area (Å²) >= 11 is 0. The number of hydrogen-bond acceptors (Lipinski definition) is 5. The third kappa shape index (κ3) is 6.39. The van der Waals surface area contributed by atoms with Crippen molar-refractivity contribution in [2.45, 2.75) is 11.3 Å². The molecule has 2 rings (SSSR count). The maximum Gasteiger partial charge on any atom is 0.321 e. The maximum absolute atomic E-state index is 13.5. The molecule has 0 saturated carbocycles. The third-order valence-electron chi connectivity index (χ3n) is 3.54. The number of nitrogens with one attached hydrogen (secondary N) is 2. The first-order chi connectivity index (χ1) is 13.3. The minimum atomic E-state index is -4.60. The van der Waals surface area contributed by atoms with Crippen molar-refractivity contribution in [2.75, 3.05) is 19.7 Å². The van der Waals surface area contributed by atoms with E-state index in [0.29, 0.717) is 13.0 Å². The summed E-state index contributed by atoms with van der Waals surface area (Å²) in [6.45, 7) is -1.16. The lowest BCUT2D eigenvalue weighted by Gasteiger charge is -2.09. The summed E-state index contributed by atoms with van der Waals surface area (Å²) in [7, 11) is -4.60. The highest BCUT2D eigenvalue weighted by Crippen LogP contribution is 2.17. The van der Waals surface area contributed by atoms with Crippen LogP contribution in [0.5, 0.6) is 0 Å². The van der Waals surface area contributed by atoms with Gasteiger partial charge in [0.2, 0.25) is 10.0 Å². The van der Waals surface area contributed by atoms with E-state index in [0.717, 1.165) is 23.8 Å². The number of rotatable bonds is 9.